The lowest BCUT2D eigenvalue weighted by Gasteiger charge is -2.14. The topological polar surface area (TPSA) is 46.2 Å². The highest BCUT2D eigenvalue weighted by Gasteiger charge is 2.40. The van der Waals surface area contributed by atoms with Gasteiger partial charge in [0.1, 0.15) is 0 Å². The molecule has 0 radical (unpaired) electrons. The minimum atomic E-state index is -2.94. The van der Waals surface area contributed by atoms with Crippen LogP contribution >= 0.6 is 0 Å². The van der Waals surface area contributed by atoms with Crippen LogP contribution in [-0.4, -0.2) is 11.8 Å². The molecule has 3 nitrogen and oxygen atoms in total. The molecule has 0 spiro atoms. The van der Waals surface area contributed by atoms with Gasteiger partial charge in [0.05, 0.1) is 5.41 Å². The molecule has 56 valence electrons. The Bertz CT molecular complexity index is 324. The molecule has 1 atom stereocenters. The molecule has 0 aromatic rings. The van der Waals surface area contributed by atoms with Crippen molar-refractivity contribution in [1.82, 2.24) is 5.32 Å². The summed E-state index contributed by atoms with van der Waals surface area (Å²) in [5.41, 5.74) is -1.82. The van der Waals surface area contributed by atoms with Crippen molar-refractivity contribution >= 4 is 11.8 Å². The Kier molecular flexibility index (Phi) is 0.629. The van der Waals surface area contributed by atoms with Crippen LogP contribution < -0.4 is 5.32 Å². The fraction of sp³-hybridized carbons (Fsp3) is 0.714. The zero-order valence-electron chi connectivity index (χ0n) is 10.5. The maximum atomic E-state index is 11.4. The summed E-state index contributed by atoms with van der Waals surface area (Å²) >= 11 is 0. The van der Waals surface area contributed by atoms with Gasteiger partial charge in [0.2, 0.25) is 11.8 Å². The predicted octanol–water partition coefficient (Wildman–Crippen LogP) is 0.449. The molecular weight excluding hydrogens is 130 g/mol. The van der Waals surface area contributed by atoms with Crippen molar-refractivity contribution in [3.63, 3.8) is 0 Å². The first-order valence-electron chi connectivity index (χ1n) is 5.37. The quantitative estimate of drug-likeness (QED) is 0.546. The molecule has 10 heavy (non-hydrogen) atoms. The van der Waals surface area contributed by atoms with E-state index in [1.54, 1.807) is 0 Å². The lowest BCUT2D eigenvalue weighted by molar-refractivity contribution is -0.128. The second kappa shape index (κ2) is 2.08. The highest BCUT2D eigenvalue weighted by atomic mass is 16.2. The third-order valence-electron chi connectivity index (χ3n) is 1.54. The average molecular weight is 146 g/mol. The molecule has 1 N–H and O–H groups in total. The zero-order valence-corrected chi connectivity index (χ0v) is 5.52. The number of hydrogen-bond acceptors (Lipinski definition) is 2. The normalized spacial score (nSPS) is 42.7. The first-order valence-corrected chi connectivity index (χ1v) is 2.87. The van der Waals surface area contributed by atoms with Gasteiger partial charge in [0, 0.05) is 13.3 Å². The van der Waals surface area contributed by atoms with E-state index in [1.165, 1.54) is 0 Å². The van der Waals surface area contributed by atoms with Crippen LogP contribution in [0, 0.1) is 5.41 Å². The van der Waals surface area contributed by atoms with Gasteiger partial charge in [0.25, 0.3) is 0 Å². The highest BCUT2D eigenvalue weighted by Crippen LogP contribution is 2.29. The van der Waals surface area contributed by atoms with Crippen LogP contribution in [0.2, 0.25) is 0 Å². The van der Waals surface area contributed by atoms with E-state index in [9.17, 15) is 9.59 Å². The van der Waals surface area contributed by atoms with Gasteiger partial charge >= 0.3 is 0 Å². The minimum Gasteiger partial charge on any atom is -0.296 e. The summed E-state index contributed by atoms with van der Waals surface area (Å²) in [5, 5.41) is 1.92. The maximum absolute atomic E-state index is 11.4. The summed E-state index contributed by atoms with van der Waals surface area (Å²) in [6.07, 6.45) is -3.16. The number of imide groups is 1. The lowest BCUT2D eigenvalue weighted by atomic mass is 9.86. The van der Waals surface area contributed by atoms with Crippen molar-refractivity contribution < 1.29 is 16.4 Å². The average Bonchev–Trinajstić information content (AvgIpc) is 2.24. The second-order valence-corrected chi connectivity index (χ2v) is 2.51. The van der Waals surface area contributed by atoms with Gasteiger partial charge in [-0.25, -0.2) is 0 Å². The van der Waals surface area contributed by atoms with Crippen LogP contribution in [0.3, 0.4) is 0 Å². The van der Waals surface area contributed by atoms with E-state index in [0.29, 0.717) is 0 Å². The molecule has 0 aliphatic carbocycles. The van der Waals surface area contributed by atoms with Gasteiger partial charge in [-0.3, -0.25) is 14.9 Å². The fourth-order valence-electron chi connectivity index (χ4n) is 0.811. The van der Waals surface area contributed by atoms with Crippen molar-refractivity contribution in [3.8, 4) is 0 Å². The van der Waals surface area contributed by atoms with Crippen LogP contribution in [0.5, 0.6) is 0 Å². The third-order valence-corrected chi connectivity index (χ3v) is 1.54. The highest BCUT2D eigenvalue weighted by molar-refractivity contribution is 6.05. The molecule has 0 bridgehead atoms. The molecule has 3 heteroatoms. The first kappa shape index (κ1) is 3.03. The molecule has 1 aliphatic heterocycles. The smallest absolute Gasteiger partial charge is 0.232 e. The van der Waals surface area contributed by atoms with Gasteiger partial charge in [-0.05, 0) is 6.37 Å². The molecular formula is C7H11NO2. The molecule has 0 aromatic carbocycles. The summed E-state index contributed by atoms with van der Waals surface area (Å²) in [4.78, 5) is 22.3. The standard InChI is InChI=1S/C7H11NO2/c1-3-7(2)4-5(9)8-6(7)10/h3-4H2,1-2H3,(H,8,9,10)/i1D3,3D2. The number of carbonyl (C=O) groups excluding carboxylic acids is 2. The molecule has 1 heterocycles. The van der Waals surface area contributed by atoms with Crippen LogP contribution in [0.4, 0.5) is 0 Å². The zero-order chi connectivity index (χ0) is 12.1. The van der Waals surface area contributed by atoms with Gasteiger partial charge in [-0.1, -0.05) is 13.8 Å². The van der Waals surface area contributed by atoms with Gasteiger partial charge < -0.3 is 0 Å². The second-order valence-electron chi connectivity index (χ2n) is 2.51. The van der Waals surface area contributed by atoms with Crippen molar-refractivity contribution in [2.45, 2.75) is 26.6 Å². The van der Waals surface area contributed by atoms with E-state index in [-0.39, 0.29) is 0 Å². The lowest BCUT2D eigenvalue weighted by Crippen LogP contribution is -2.28. The van der Waals surface area contributed by atoms with Crippen LogP contribution in [-0.2, 0) is 9.59 Å². The number of nitrogens with one attached hydrogen (secondary N) is 1. The number of rotatable bonds is 1. The maximum Gasteiger partial charge on any atom is 0.232 e. The molecule has 1 aliphatic rings. The minimum absolute atomic E-state index is 0.433. The molecule has 1 saturated heterocycles. The summed E-state index contributed by atoms with van der Waals surface area (Å²) < 4.78 is 36.1. The summed E-state index contributed by atoms with van der Waals surface area (Å²) in [6.45, 7) is -1.79. The van der Waals surface area contributed by atoms with Crippen LogP contribution in [0.1, 0.15) is 33.4 Å². The molecule has 2 amide bonds. The molecule has 1 rings (SSSR count). The Morgan fingerprint density at radius 1 is 1.90 bits per heavy atom. The SMILES string of the molecule is [2H]C([2H])([2H])C([2H])([2H])C1(C)CC(=O)NC1=O. The van der Waals surface area contributed by atoms with Gasteiger partial charge in [-0.15, -0.1) is 0 Å². The Hall–Kier alpha value is -0.860. The van der Waals surface area contributed by atoms with E-state index in [0.717, 1.165) is 6.92 Å². The van der Waals surface area contributed by atoms with Crippen molar-refractivity contribution in [1.29, 1.82) is 0 Å². The van der Waals surface area contributed by atoms with E-state index >= 15 is 0 Å². The van der Waals surface area contributed by atoms with Crippen molar-refractivity contribution in [2.75, 3.05) is 0 Å². The van der Waals surface area contributed by atoms with E-state index in [2.05, 4.69) is 0 Å². The Morgan fingerprint density at radius 3 is 3.00 bits per heavy atom. The molecule has 0 aromatic heterocycles. The van der Waals surface area contributed by atoms with Crippen molar-refractivity contribution in [3.05, 3.63) is 0 Å². The first-order chi connectivity index (χ1) is 6.52. The van der Waals surface area contributed by atoms with E-state index in [1.807, 2.05) is 5.32 Å². The summed E-state index contributed by atoms with van der Waals surface area (Å²) in [5.74, 6) is -1.51. The van der Waals surface area contributed by atoms with E-state index in [4.69, 9.17) is 6.85 Å². The number of carbonyl (C=O) groups is 2. The Morgan fingerprint density at radius 2 is 2.60 bits per heavy atom. The number of amides is 2. The largest absolute Gasteiger partial charge is 0.296 e. The van der Waals surface area contributed by atoms with Crippen LogP contribution in [0.25, 0.3) is 0 Å². The summed E-state index contributed by atoms with van der Waals surface area (Å²) in [6, 6.07) is 0. The van der Waals surface area contributed by atoms with Gasteiger partial charge in [-0.2, -0.15) is 0 Å². The number of hydrogen-bond donors (Lipinski definition) is 1. The fourth-order valence-corrected chi connectivity index (χ4v) is 0.811. The van der Waals surface area contributed by atoms with E-state index < -0.39 is 36.9 Å². The predicted molar refractivity (Wildman–Crippen MR) is 36.2 cm³/mol. The molecule has 1 fully saturated rings. The molecule has 1 unspecified atom stereocenters. The summed E-state index contributed by atoms with van der Waals surface area (Å²) in [7, 11) is 0. The Balaban J connectivity index is 3.16. The molecule has 0 saturated carbocycles. The van der Waals surface area contributed by atoms with Gasteiger partial charge in [0.15, 0.2) is 0 Å². The monoisotopic (exact) mass is 146 g/mol. The third kappa shape index (κ3) is 0.916. The van der Waals surface area contributed by atoms with Crippen molar-refractivity contribution in [2.24, 2.45) is 5.41 Å². The Labute approximate surface area is 66.8 Å². The van der Waals surface area contributed by atoms with Crippen LogP contribution in [0.15, 0.2) is 0 Å².